The summed E-state index contributed by atoms with van der Waals surface area (Å²) >= 11 is 1.95. The first-order valence-electron chi connectivity index (χ1n) is 5.47. The number of halogens is 1. The third-order valence-corrected chi connectivity index (χ3v) is 3.85. The Bertz CT molecular complexity index is 353. The van der Waals surface area contributed by atoms with E-state index in [-0.39, 0.29) is 5.82 Å². The zero-order valence-electron chi connectivity index (χ0n) is 9.33. The molecular weight excluding hydrogens is 225 g/mol. The molecule has 0 radical (unpaired) electrons. The summed E-state index contributed by atoms with van der Waals surface area (Å²) in [5, 5.41) is 3.36. The summed E-state index contributed by atoms with van der Waals surface area (Å²) in [5.41, 5.74) is 0.810. The van der Waals surface area contributed by atoms with Crippen molar-refractivity contribution in [3.8, 4) is 5.75 Å². The van der Waals surface area contributed by atoms with Crippen LogP contribution in [0, 0.1) is 5.82 Å². The Morgan fingerprint density at radius 2 is 2.31 bits per heavy atom. The van der Waals surface area contributed by atoms with Gasteiger partial charge in [-0.2, -0.15) is 11.8 Å². The third-order valence-electron chi connectivity index (χ3n) is 2.64. The van der Waals surface area contributed by atoms with Crippen LogP contribution in [0.5, 0.6) is 5.75 Å². The standard InChI is InChI=1S/C12H16FNOS/c1-15-12-6-9(13)5-11(7-12)14-10-3-2-4-16-8-10/h5-7,10,14H,2-4,8H2,1H3. The first-order valence-corrected chi connectivity index (χ1v) is 6.62. The average molecular weight is 241 g/mol. The van der Waals surface area contributed by atoms with Crippen LogP contribution in [0.4, 0.5) is 10.1 Å². The van der Waals surface area contributed by atoms with Crippen LogP contribution in [0.3, 0.4) is 0 Å². The Balaban J connectivity index is 2.04. The van der Waals surface area contributed by atoms with Gasteiger partial charge in [-0.3, -0.25) is 0 Å². The summed E-state index contributed by atoms with van der Waals surface area (Å²) < 4.78 is 18.3. The summed E-state index contributed by atoms with van der Waals surface area (Å²) in [6.45, 7) is 0. The summed E-state index contributed by atoms with van der Waals surface area (Å²) in [7, 11) is 1.55. The van der Waals surface area contributed by atoms with Crippen LogP contribution < -0.4 is 10.1 Å². The molecule has 1 N–H and O–H groups in total. The molecule has 1 aromatic carbocycles. The van der Waals surface area contributed by atoms with Crippen molar-refractivity contribution in [2.24, 2.45) is 0 Å². The van der Waals surface area contributed by atoms with Crippen molar-refractivity contribution in [1.82, 2.24) is 0 Å². The number of nitrogens with one attached hydrogen (secondary N) is 1. The highest BCUT2D eigenvalue weighted by Gasteiger charge is 2.13. The van der Waals surface area contributed by atoms with E-state index < -0.39 is 0 Å². The summed E-state index contributed by atoms with van der Waals surface area (Å²) in [4.78, 5) is 0. The number of anilines is 1. The van der Waals surface area contributed by atoms with E-state index in [1.807, 2.05) is 17.8 Å². The largest absolute Gasteiger partial charge is 0.497 e. The van der Waals surface area contributed by atoms with Crippen LogP contribution >= 0.6 is 11.8 Å². The topological polar surface area (TPSA) is 21.3 Å². The van der Waals surface area contributed by atoms with E-state index in [9.17, 15) is 4.39 Å². The predicted octanol–water partition coefficient (Wildman–Crippen LogP) is 3.14. The minimum Gasteiger partial charge on any atom is -0.497 e. The second-order valence-electron chi connectivity index (χ2n) is 3.94. The fourth-order valence-corrected chi connectivity index (χ4v) is 2.93. The van der Waals surface area contributed by atoms with Crippen molar-refractivity contribution in [2.75, 3.05) is 23.9 Å². The van der Waals surface area contributed by atoms with Gasteiger partial charge in [-0.05, 0) is 24.7 Å². The number of thioether (sulfide) groups is 1. The lowest BCUT2D eigenvalue weighted by Gasteiger charge is -2.23. The van der Waals surface area contributed by atoms with Crippen molar-refractivity contribution >= 4 is 17.4 Å². The zero-order valence-corrected chi connectivity index (χ0v) is 10.1. The molecule has 2 nitrogen and oxygen atoms in total. The first kappa shape index (κ1) is 11.6. The lowest BCUT2D eigenvalue weighted by molar-refractivity contribution is 0.411. The number of rotatable bonds is 3. The van der Waals surface area contributed by atoms with Crippen molar-refractivity contribution in [2.45, 2.75) is 18.9 Å². The van der Waals surface area contributed by atoms with Gasteiger partial charge in [0.2, 0.25) is 0 Å². The normalized spacial score (nSPS) is 20.5. The lowest BCUT2D eigenvalue weighted by Crippen LogP contribution is -2.25. The highest BCUT2D eigenvalue weighted by molar-refractivity contribution is 7.99. The zero-order chi connectivity index (χ0) is 11.4. The molecule has 1 aliphatic rings. The Morgan fingerprint density at radius 3 is 3.00 bits per heavy atom. The van der Waals surface area contributed by atoms with Gasteiger partial charge in [0.05, 0.1) is 7.11 Å². The van der Waals surface area contributed by atoms with Crippen molar-refractivity contribution in [3.05, 3.63) is 24.0 Å². The van der Waals surface area contributed by atoms with Crippen molar-refractivity contribution in [1.29, 1.82) is 0 Å². The van der Waals surface area contributed by atoms with Gasteiger partial charge in [0.1, 0.15) is 11.6 Å². The van der Waals surface area contributed by atoms with Gasteiger partial charge in [-0.1, -0.05) is 0 Å². The van der Waals surface area contributed by atoms with E-state index >= 15 is 0 Å². The SMILES string of the molecule is COc1cc(F)cc(NC2CCCSC2)c1. The number of ether oxygens (including phenoxy) is 1. The number of hydrogen-bond donors (Lipinski definition) is 1. The molecule has 0 amide bonds. The molecule has 1 heterocycles. The third kappa shape index (κ3) is 3.04. The van der Waals surface area contributed by atoms with Gasteiger partial charge in [-0.25, -0.2) is 4.39 Å². The molecular formula is C12H16FNOS. The van der Waals surface area contributed by atoms with E-state index in [4.69, 9.17) is 4.74 Å². The molecule has 16 heavy (non-hydrogen) atoms. The number of methoxy groups -OCH3 is 1. The highest BCUT2D eigenvalue weighted by atomic mass is 32.2. The van der Waals surface area contributed by atoms with Crippen LogP contribution in [0.15, 0.2) is 18.2 Å². The fourth-order valence-electron chi connectivity index (χ4n) is 1.85. The maximum Gasteiger partial charge on any atom is 0.128 e. The maximum absolute atomic E-state index is 13.2. The molecule has 1 atom stereocenters. The van der Waals surface area contributed by atoms with Crippen molar-refractivity contribution in [3.63, 3.8) is 0 Å². The second-order valence-corrected chi connectivity index (χ2v) is 5.09. The molecule has 0 saturated carbocycles. The highest BCUT2D eigenvalue weighted by Crippen LogP contribution is 2.24. The Labute approximate surface area is 99.6 Å². The molecule has 1 aromatic rings. The molecule has 2 rings (SSSR count). The second kappa shape index (κ2) is 5.43. The van der Waals surface area contributed by atoms with E-state index in [1.165, 1.54) is 24.3 Å². The maximum atomic E-state index is 13.2. The van der Waals surface area contributed by atoms with Crippen molar-refractivity contribution < 1.29 is 9.13 Å². The fraction of sp³-hybridized carbons (Fsp3) is 0.500. The smallest absolute Gasteiger partial charge is 0.128 e. The van der Waals surface area contributed by atoms with Gasteiger partial charge in [0.25, 0.3) is 0 Å². The van der Waals surface area contributed by atoms with Crippen LogP contribution in [-0.4, -0.2) is 24.7 Å². The van der Waals surface area contributed by atoms with E-state index in [0.717, 1.165) is 17.9 Å². The molecule has 1 aliphatic heterocycles. The first-order chi connectivity index (χ1) is 7.78. The Hall–Kier alpha value is -0.900. The minimum atomic E-state index is -0.259. The number of benzene rings is 1. The van der Waals surface area contributed by atoms with E-state index in [1.54, 1.807) is 7.11 Å². The Morgan fingerprint density at radius 1 is 1.44 bits per heavy atom. The van der Waals surface area contributed by atoms with Crippen LogP contribution in [0.25, 0.3) is 0 Å². The summed E-state index contributed by atoms with van der Waals surface area (Å²) in [6.07, 6.45) is 2.39. The summed E-state index contributed by atoms with van der Waals surface area (Å²) in [6, 6.07) is 5.19. The lowest BCUT2D eigenvalue weighted by atomic mass is 10.1. The van der Waals surface area contributed by atoms with Crippen LogP contribution in [-0.2, 0) is 0 Å². The molecule has 4 heteroatoms. The molecule has 0 aromatic heterocycles. The molecule has 0 aliphatic carbocycles. The van der Waals surface area contributed by atoms with Gasteiger partial charge >= 0.3 is 0 Å². The Kier molecular flexibility index (Phi) is 3.93. The predicted molar refractivity (Wildman–Crippen MR) is 66.9 cm³/mol. The molecule has 0 bridgehead atoms. The van der Waals surface area contributed by atoms with Gasteiger partial charge in [0.15, 0.2) is 0 Å². The molecule has 88 valence electrons. The van der Waals surface area contributed by atoms with Crippen LogP contribution in [0.2, 0.25) is 0 Å². The molecule has 1 saturated heterocycles. The quantitative estimate of drug-likeness (QED) is 0.878. The van der Waals surface area contributed by atoms with Gasteiger partial charge < -0.3 is 10.1 Å². The van der Waals surface area contributed by atoms with Gasteiger partial charge in [-0.15, -0.1) is 0 Å². The number of hydrogen-bond acceptors (Lipinski definition) is 3. The monoisotopic (exact) mass is 241 g/mol. The van der Waals surface area contributed by atoms with Crippen LogP contribution in [0.1, 0.15) is 12.8 Å². The average Bonchev–Trinajstić information content (AvgIpc) is 2.29. The molecule has 1 fully saturated rings. The van der Waals surface area contributed by atoms with Gasteiger partial charge in [0, 0.05) is 29.6 Å². The molecule has 0 spiro atoms. The van der Waals surface area contributed by atoms with E-state index in [2.05, 4.69) is 5.32 Å². The minimum absolute atomic E-state index is 0.259. The van der Waals surface area contributed by atoms with E-state index in [0.29, 0.717) is 11.8 Å². The molecule has 1 unspecified atom stereocenters. The summed E-state index contributed by atoms with van der Waals surface area (Å²) in [5.74, 6) is 2.64.